The Morgan fingerprint density at radius 1 is 0.778 bits per heavy atom. The number of benzene rings is 3. The number of likely N-dealkylation sites (N-methyl/N-ethyl adjacent to an activating group) is 1. The first-order valence-electron chi connectivity index (χ1n) is 13.5. The molecule has 8 nitrogen and oxygen atoms in total. The van der Waals surface area contributed by atoms with Gasteiger partial charge < -0.3 is 15.1 Å². The summed E-state index contributed by atoms with van der Waals surface area (Å²) < 4.78 is 96.3. The van der Waals surface area contributed by atoms with E-state index in [1.54, 1.807) is 0 Å². The van der Waals surface area contributed by atoms with E-state index in [4.69, 9.17) is 0 Å². The molecule has 3 rings (SSSR count). The number of rotatable bonds is 8. The Hall–Kier alpha value is -4.04. The molecule has 0 saturated heterocycles. The molecule has 244 valence electrons. The Morgan fingerprint density at radius 2 is 1.24 bits per heavy atom. The van der Waals surface area contributed by atoms with Crippen LogP contribution in [-0.2, 0) is 32.2 Å². The van der Waals surface area contributed by atoms with Gasteiger partial charge in [-0.1, -0.05) is 59.7 Å². The van der Waals surface area contributed by atoms with Crippen LogP contribution in [0.3, 0.4) is 0 Å². The van der Waals surface area contributed by atoms with Crippen molar-refractivity contribution in [3.63, 3.8) is 0 Å². The number of carboxylic acids is 1. The molecular weight excluding hydrogens is 623 g/mol. The Bertz CT molecular complexity index is 1720. The highest BCUT2D eigenvalue weighted by molar-refractivity contribution is 7.89. The molecule has 0 aromatic heterocycles. The molecule has 0 radical (unpaired) electrons. The Kier molecular flexibility index (Phi) is 9.76. The minimum absolute atomic E-state index is 0.0667. The minimum Gasteiger partial charge on any atom is -0.507 e. The van der Waals surface area contributed by atoms with Crippen molar-refractivity contribution in [2.45, 2.75) is 63.8 Å². The average Bonchev–Trinajstić information content (AvgIpc) is 2.92. The number of phenols is 1. The number of nitrogens with zero attached hydrogens (tertiary/aromatic N) is 2. The second-order valence-electron chi connectivity index (χ2n) is 12.6. The number of sulfonamides is 1. The molecule has 0 heterocycles. The van der Waals surface area contributed by atoms with Crippen molar-refractivity contribution in [2.75, 3.05) is 18.5 Å². The number of amides is 1. The summed E-state index contributed by atoms with van der Waals surface area (Å²) in [6.07, 6.45) is 0. The van der Waals surface area contributed by atoms with Crippen molar-refractivity contribution < 1.29 is 50.2 Å². The van der Waals surface area contributed by atoms with E-state index in [-0.39, 0.29) is 27.4 Å². The number of aromatic hydroxyl groups is 1. The Balaban J connectivity index is 2.14. The average molecular weight is 657 g/mol. The number of carbonyl (C=O) groups excluding carboxylic acids is 1. The van der Waals surface area contributed by atoms with Gasteiger partial charge in [0.1, 0.15) is 11.3 Å². The van der Waals surface area contributed by atoms with Crippen molar-refractivity contribution in [3.05, 3.63) is 87.7 Å². The number of aromatic carboxylic acids is 1. The van der Waals surface area contributed by atoms with E-state index in [2.05, 4.69) is 0 Å². The molecule has 0 spiro atoms. The lowest BCUT2D eigenvalue weighted by Gasteiger charge is -2.29. The van der Waals surface area contributed by atoms with E-state index in [0.717, 1.165) is 28.2 Å². The molecule has 3 aromatic rings. The normalized spacial score (nSPS) is 12.5. The van der Waals surface area contributed by atoms with Crippen LogP contribution in [0, 0.1) is 29.1 Å². The quantitative estimate of drug-likeness (QED) is 0.169. The van der Waals surface area contributed by atoms with Gasteiger partial charge in [-0.25, -0.2) is 35.2 Å². The van der Waals surface area contributed by atoms with Crippen molar-refractivity contribution in [1.29, 1.82) is 0 Å². The van der Waals surface area contributed by atoms with Gasteiger partial charge in [0.05, 0.1) is 13.1 Å². The summed E-state index contributed by atoms with van der Waals surface area (Å²) in [4.78, 5) is 24.0. The first-order chi connectivity index (χ1) is 20.5. The maximum atomic E-state index is 14.4. The lowest BCUT2D eigenvalue weighted by molar-refractivity contribution is -0.118. The highest BCUT2D eigenvalue weighted by Crippen LogP contribution is 2.33. The lowest BCUT2D eigenvalue weighted by Crippen LogP contribution is -2.41. The molecule has 14 heteroatoms. The SMILES string of the molecule is CN(CC(=O)N(Cc1cc(C(C)(C)C)cc(C(C)(C)C)c1)c1ccc(C(=O)O)c(O)c1)S(=O)(=O)c1c(F)c(F)c(F)c(F)c1F. The van der Waals surface area contributed by atoms with E-state index in [1.807, 2.05) is 59.7 Å². The summed E-state index contributed by atoms with van der Waals surface area (Å²) in [5.74, 6) is -15.9. The van der Waals surface area contributed by atoms with Crippen LogP contribution in [0.1, 0.15) is 68.6 Å². The van der Waals surface area contributed by atoms with Crippen molar-refractivity contribution in [3.8, 4) is 5.75 Å². The molecule has 1 amide bonds. The molecule has 0 atom stereocenters. The fraction of sp³-hybridized carbons (Fsp3) is 0.355. The first-order valence-corrected chi connectivity index (χ1v) is 14.9. The van der Waals surface area contributed by atoms with Gasteiger partial charge in [0, 0.05) is 18.8 Å². The van der Waals surface area contributed by atoms with Gasteiger partial charge in [0.2, 0.25) is 21.7 Å². The Morgan fingerprint density at radius 3 is 1.67 bits per heavy atom. The summed E-state index contributed by atoms with van der Waals surface area (Å²) in [5, 5.41) is 19.7. The largest absolute Gasteiger partial charge is 0.507 e. The van der Waals surface area contributed by atoms with Crippen LogP contribution >= 0.6 is 0 Å². The van der Waals surface area contributed by atoms with E-state index in [1.165, 1.54) is 6.07 Å². The van der Waals surface area contributed by atoms with Crippen LogP contribution in [0.15, 0.2) is 41.3 Å². The third-order valence-electron chi connectivity index (χ3n) is 7.09. The number of hydrogen-bond acceptors (Lipinski definition) is 5. The van der Waals surface area contributed by atoms with E-state index in [9.17, 15) is 50.2 Å². The molecular formula is C31H33F5N2O6S. The Labute approximate surface area is 257 Å². The van der Waals surface area contributed by atoms with Gasteiger partial charge in [-0.05, 0) is 39.7 Å². The summed E-state index contributed by atoms with van der Waals surface area (Å²) in [6.45, 7) is 10.5. The molecule has 3 aromatic carbocycles. The lowest BCUT2D eigenvalue weighted by atomic mass is 9.79. The molecule has 0 fully saturated rings. The number of anilines is 1. The summed E-state index contributed by atoms with van der Waals surface area (Å²) in [6, 6.07) is 8.82. The topological polar surface area (TPSA) is 115 Å². The molecule has 2 N–H and O–H groups in total. The highest BCUT2D eigenvalue weighted by Gasteiger charge is 2.37. The van der Waals surface area contributed by atoms with E-state index in [0.29, 0.717) is 12.6 Å². The summed E-state index contributed by atoms with van der Waals surface area (Å²) in [7, 11) is -4.75. The van der Waals surface area contributed by atoms with Crippen LogP contribution in [0.4, 0.5) is 27.6 Å². The standard InChI is InChI=1S/C31H33F5N2O6S/c1-30(2,3)17-10-16(11-18(12-17)31(4,5)6)14-38(19-8-9-20(29(41)42)21(39)13-19)22(40)15-37(7)45(43,44)28-26(35)24(33)23(32)25(34)27(28)36/h8-13,39H,14-15H2,1-7H3,(H,41,42). The fourth-order valence-corrected chi connectivity index (χ4v) is 5.58. The van der Waals surface area contributed by atoms with Crippen LogP contribution in [0.5, 0.6) is 5.75 Å². The van der Waals surface area contributed by atoms with Crippen LogP contribution in [0.25, 0.3) is 0 Å². The van der Waals surface area contributed by atoms with Gasteiger partial charge in [0.25, 0.3) is 0 Å². The minimum atomic E-state index is -5.46. The molecule has 0 aliphatic heterocycles. The second-order valence-corrected chi connectivity index (χ2v) is 14.5. The molecule has 0 saturated carbocycles. The number of carboxylic acid groups (broad SMARTS) is 1. The predicted molar refractivity (Wildman–Crippen MR) is 156 cm³/mol. The maximum absolute atomic E-state index is 14.4. The van der Waals surface area contributed by atoms with Gasteiger partial charge in [0.15, 0.2) is 28.2 Å². The molecule has 0 bridgehead atoms. The number of carbonyl (C=O) groups is 2. The van der Waals surface area contributed by atoms with Gasteiger partial charge >= 0.3 is 5.97 Å². The monoisotopic (exact) mass is 656 g/mol. The van der Waals surface area contributed by atoms with E-state index >= 15 is 0 Å². The van der Waals surface area contributed by atoms with E-state index < -0.39 is 73.7 Å². The third kappa shape index (κ3) is 7.28. The van der Waals surface area contributed by atoms with Crippen LogP contribution < -0.4 is 4.90 Å². The number of hydrogen-bond donors (Lipinski definition) is 2. The molecule has 45 heavy (non-hydrogen) atoms. The van der Waals surface area contributed by atoms with Gasteiger partial charge in [-0.15, -0.1) is 0 Å². The highest BCUT2D eigenvalue weighted by atomic mass is 32.2. The first kappa shape index (κ1) is 35.4. The summed E-state index contributed by atoms with van der Waals surface area (Å²) in [5.41, 5.74) is 1.13. The third-order valence-corrected chi connectivity index (χ3v) is 8.91. The van der Waals surface area contributed by atoms with Crippen molar-refractivity contribution in [1.82, 2.24) is 4.31 Å². The second kappa shape index (κ2) is 12.4. The predicted octanol–water partition coefficient (Wildman–Crippen LogP) is 6.23. The smallest absolute Gasteiger partial charge is 0.339 e. The van der Waals surface area contributed by atoms with Crippen LogP contribution in [0.2, 0.25) is 0 Å². The van der Waals surface area contributed by atoms with Crippen LogP contribution in [-0.4, -0.2) is 48.4 Å². The molecule has 0 aliphatic rings. The summed E-state index contributed by atoms with van der Waals surface area (Å²) >= 11 is 0. The van der Waals surface area contributed by atoms with Crippen molar-refractivity contribution in [2.24, 2.45) is 0 Å². The maximum Gasteiger partial charge on any atom is 0.339 e. The zero-order chi connectivity index (χ0) is 34.4. The molecule has 0 unspecified atom stereocenters. The van der Waals surface area contributed by atoms with Gasteiger partial charge in [-0.2, -0.15) is 4.31 Å². The van der Waals surface area contributed by atoms with Crippen molar-refractivity contribution >= 4 is 27.6 Å². The van der Waals surface area contributed by atoms with Gasteiger partial charge in [-0.3, -0.25) is 4.79 Å². The number of halogens is 5. The molecule has 0 aliphatic carbocycles. The fourth-order valence-electron chi connectivity index (χ4n) is 4.35. The zero-order valence-corrected chi connectivity index (χ0v) is 26.4. The zero-order valence-electron chi connectivity index (χ0n) is 25.6.